The maximum absolute atomic E-state index is 12.2. The van der Waals surface area contributed by atoms with E-state index in [1.807, 2.05) is 18.2 Å². The molecule has 1 atom stereocenters. The van der Waals surface area contributed by atoms with E-state index in [4.69, 9.17) is 9.47 Å². The maximum Gasteiger partial charge on any atom is 0.231 e. The van der Waals surface area contributed by atoms with E-state index >= 15 is 0 Å². The van der Waals surface area contributed by atoms with Crippen molar-refractivity contribution in [2.24, 2.45) is 5.92 Å². The molecule has 1 aromatic carbocycles. The third-order valence-corrected chi connectivity index (χ3v) is 3.90. The Morgan fingerprint density at radius 1 is 1.40 bits per heavy atom. The van der Waals surface area contributed by atoms with Gasteiger partial charge in [0.1, 0.15) is 0 Å². The molecule has 0 unspecified atom stereocenters. The molecule has 3 rings (SSSR count). The summed E-state index contributed by atoms with van der Waals surface area (Å²) in [5.41, 5.74) is 1.03. The fraction of sp³-hybridized carbons (Fsp3) is 0.533. The van der Waals surface area contributed by atoms with E-state index in [0.29, 0.717) is 6.54 Å². The Morgan fingerprint density at radius 2 is 2.25 bits per heavy atom. The fourth-order valence-corrected chi connectivity index (χ4v) is 2.76. The first kappa shape index (κ1) is 13.2. The van der Waals surface area contributed by atoms with Crippen LogP contribution in [0.4, 0.5) is 0 Å². The Kier molecular flexibility index (Phi) is 3.78. The average Bonchev–Trinajstić information content (AvgIpc) is 2.92. The van der Waals surface area contributed by atoms with Gasteiger partial charge in [-0.2, -0.15) is 0 Å². The number of fused-ring (bicyclic) bond motifs is 1. The van der Waals surface area contributed by atoms with Gasteiger partial charge in [-0.05, 0) is 44.1 Å². The Labute approximate surface area is 118 Å². The Balaban J connectivity index is 1.55. The fourth-order valence-electron chi connectivity index (χ4n) is 2.76. The van der Waals surface area contributed by atoms with Gasteiger partial charge in [0.05, 0.1) is 5.92 Å². The number of carbonyl (C=O) groups excluding carboxylic acids is 1. The molecule has 2 heterocycles. The number of nitrogens with one attached hydrogen (secondary N) is 1. The van der Waals surface area contributed by atoms with Crippen molar-refractivity contribution in [3.8, 4) is 11.5 Å². The lowest BCUT2D eigenvalue weighted by atomic mass is 9.97. The maximum atomic E-state index is 12.2. The zero-order valence-corrected chi connectivity index (χ0v) is 11.7. The van der Waals surface area contributed by atoms with Gasteiger partial charge in [0.2, 0.25) is 12.7 Å². The molecule has 108 valence electrons. The van der Waals surface area contributed by atoms with Crippen LogP contribution in [0.15, 0.2) is 18.2 Å². The van der Waals surface area contributed by atoms with Gasteiger partial charge in [-0.25, -0.2) is 0 Å². The smallest absolute Gasteiger partial charge is 0.231 e. The third-order valence-electron chi connectivity index (χ3n) is 3.90. The van der Waals surface area contributed by atoms with E-state index in [0.717, 1.165) is 43.0 Å². The summed E-state index contributed by atoms with van der Waals surface area (Å²) < 4.78 is 10.6. The number of likely N-dealkylation sites (tertiary alicyclic amines) is 1. The first-order valence-corrected chi connectivity index (χ1v) is 7.07. The minimum Gasteiger partial charge on any atom is -0.454 e. The van der Waals surface area contributed by atoms with Crippen LogP contribution in [0, 0.1) is 5.92 Å². The molecule has 0 aromatic heterocycles. The molecule has 1 N–H and O–H groups in total. The summed E-state index contributed by atoms with van der Waals surface area (Å²) in [6, 6.07) is 5.77. The third kappa shape index (κ3) is 2.88. The first-order valence-electron chi connectivity index (χ1n) is 7.07. The minimum atomic E-state index is 0.114. The Bertz CT molecular complexity index is 504. The molecule has 1 saturated heterocycles. The Hall–Kier alpha value is -1.75. The summed E-state index contributed by atoms with van der Waals surface area (Å²) in [4.78, 5) is 14.4. The van der Waals surface area contributed by atoms with Gasteiger partial charge in [0.15, 0.2) is 11.5 Å². The highest BCUT2D eigenvalue weighted by Crippen LogP contribution is 2.32. The predicted molar refractivity (Wildman–Crippen MR) is 74.6 cm³/mol. The van der Waals surface area contributed by atoms with Crippen LogP contribution < -0.4 is 14.8 Å². The number of rotatable bonds is 3. The molecule has 20 heavy (non-hydrogen) atoms. The van der Waals surface area contributed by atoms with Crippen molar-refractivity contribution in [2.45, 2.75) is 19.4 Å². The second-order valence-electron chi connectivity index (χ2n) is 5.51. The van der Waals surface area contributed by atoms with Crippen molar-refractivity contribution in [1.29, 1.82) is 0 Å². The molecule has 5 heteroatoms. The van der Waals surface area contributed by atoms with Crippen LogP contribution in [-0.2, 0) is 11.3 Å². The van der Waals surface area contributed by atoms with Crippen molar-refractivity contribution >= 4 is 5.91 Å². The highest BCUT2D eigenvalue weighted by Gasteiger charge is 2.23. The summed E-state index contributed by atoms with van der Waals surface area (Å²) in [7, 11) is 2.07. The Morgan fingerprint density at radius 3 is 3.10 bits per heavy atom. The number of piperidine rings is 1. The van der Waals surface area contributed by atoms with Crippen LogP contribution in [-0.4, -0.2) is 37.7 Å². The number of ether oxygens (including phenoxy) is 2. The molecular formula is C15H20N2O3. The number of hydrogen-bond donors (Lipinski definition) is 1. The molecular weight excluding hydrogens is 256 g/mol. The molecule has 2 aliphatic heterocycles. The van der Waals surface area contributed by atoms with Crippen molar-refractivity contribution in [3.63, 3.8) is 0 Å². The number of nitrogens with zero attached hydrogens (tertiary/aromatic N) is 1. The SMILES string of the molecule is CN1CCC[C@@H](C(=O)NCc2ccc3c(c2)OCO3)C1. The molecule has 5 nitrogen and oxygen atoms in total. The summed E-state index contributed by atoms with van der Waals surface area (Å²) in [6.07, 6.45) is 2.08. The molecule has 2 aliphatic rings. The van der Waals surface area contributed by atoms with E-state index in [9.17, 15) is 4.79 Å². The number of carbonyl (C=O) groups is 1. The molecule has 1 amide bonds. The van der Waals surface area contributed by atoms with Crippen molar-refractivity contribution in [3.05, 3.63) is 23.8 Å². The number of amides is 1. The predicted octanol–water partition coefficient (Wildman–Crippen LogP) is 1.37. The van der Waals surface area contributed by atoms with Gasteiger partial charge in [-0.15, -0.1) is 0 Å². The largest absolute Gasteiger partial charge is 0.454 e. The van der Waals surface area contributed by atoms with Crippen LogP contribution in [0.1, 0.15) is 18.4 Å². The molecule has 1 fully saturated rings. The minimum absolute atomic E-state index is 0.114. The van der Waals surface area contributed by atoms with E-state index in [1.54, 1.807) is 0 Å². The standard InChI is InChI=1S/C15H20N2O3/c1-17-6-2-3-12(9-17)15(18)16-8-11-4-5-13-14(7-11)20-10-19-13/h4-5,7,12H,2-3,6,8-10H2,1H3,(H,16,18)/t12-/m1/s1. The lowest BCUT2D eigenvalue weighted by Gasteiger charge is -2.28. The van der Waals surface area contributed by atoms with E-state index < -0.39 is 0 Å². The van der Waals surface area contributed by atoms with Crippen LogP contribution >= 0.6 is 0 Å². The van der Waals surface area contributed by atoms with Crippen LogP contribution in [0.5, 0.6) is 11.5 Å². The molecule has 0 bridgehead atoms. The lowest BCUT2D eigenvalue weighted by molar-refractivity contribution is -0.126. The molecule has 0 aliphatic carbocycles. The average molecular weight is 276 g/mol. The molecule has 0 spiro atoms. The van der Waals surface area contributed by atoms with E-state index in [2.05, 4.69) is 17.3 Å². The first-order chi connectivity index (χ1) is 9.72. The molecule has 1 aromatic rings. The monoisotopic (exact) mass is 276 g/mol. The van der Waals surface area contributed by atoms with Gasteiger partial charge in [-0.3, -0.25) is 4.79 Å². The van der Waals surface area contributed by atoms with Gasteiger partial charge in [0.25, 0.3) is 0 Å². The molecule has 0 radical (unpaired) electrons. The second kappa shape index (κ2) is 5.71. The van der Waals surface area contributed by atoms with Gasteiger partial charge in [0, 0.05) is 13.1 Å². The van der Waals surface area contributed by atoms with Crippen molar-refractivity contribution < 1.29 is 14.3 Å². The lowest BCUT2D eigenvalue weighted by Crippen LogP contribution is -2.41. The topological polar surface area (TPSA) is 50.8 Å². The van der Waals surface area contributed by atoms with Gasteiger partial charge >= 0.3 is 0 Å². The van der Waals surface area contributed by atoms with Crippen LogP contribution in [0.25, 0.3) is 0 Å². The number of benzene rings is 1. The second-order valence-corrected chi connectivity index (χ2v) is 5.51. The summed E-state index contributed by atoms with van der Waals surface area (Å²) >= 11 is 0. The molecule has 0 saturated carbocycles. The number of hydrogen-bond acceptors (Lipinski definition) is 4. The highest BCUT2D eigenvalue weighted by molar-refractivity contribution is 5.79. The quantitative estimate of drug-likeness (QED) is 0.906. The summed E-state index contributed by atoms with van der Waals surface area (Å²) in [5.74, 6) is 1.79. The zero-order valence-electron chi connectivity index (χ0n) is 11.7. The summed E-state index contributed by atoms with van der Waals surface area (Å²) in [6.45, 7) is 2.76. The van der Waals surface area contributed by atoms with Gasteiger partial charge < -0.3 is 19.7 Å². The summed E-state index contributed by atoms with van der Waals surface area (Å²) in [5, 5.41) is 3.02. The van der Waals surface area contributed by atoms with Crippen LogP contribution in [0.2, 0.25) is 0 Å². The normalized spacial score (nSPS) is 21.8. The highest BCUT2D eigenvalue weighted by atomic mass is 16.7. The van der Waals surface area contributed by atoms with Crippen molar-refractivity contribution in [1.82, 2.24) is 10.2 Å². The van der Waals surface area contributed by atoms with E-state index in [-0.39, 0.29) is 18.6 Å². The van der Waals surface area contributed by atoms with E-state index in [1.165, 1.54) is 0 Å². The van der Waals surface area contributed by atoms with Crippen LogP contribution in [0.3, 0.4) is 0 Å². The van der Waals surface area contributed by atoms with Crippen molar-refractivity contribution in [2.75, 3.05) is 26.9 Å². The van der Waals surface area contributed by atoms with Gasteiger partial charge in [-0.1, -0.05) is 6.07 Å². The zero-order chi connectivity index (χ0) is 13.9.